The number of fused-ring (bicyclic) bond motifs is 2. The zero-order valence-electron chi connectivity index (χ0n) is 12.6. The van der Waals surface area contributed by atoms with E-state index in [2.05, 4.69) is 29.4 Å². The van der Waals surface area contributed by atoms with Crippen LogP contribution in [0.4, 0.5) is 0 Å². The number of hydrogen-bond acceptors (Lipinski definition) is 2. The minimum Gasteiger partial charge on any atom is -0.314 e. The second-order valence-electron chi connectivity index (χ2n) is 7.24. The highest BCUT2D eigenvalue weighted by molar-refractivity contribution is 6.35. The number of nitrogens with one attached hydrogen (secondary N) is 2. The van der Waals surface area contributed by atoms with Crippen LogP contribution in [0.5, 0.6) is 0 Å². The van der Waals surface area contributed by atoms with Gasteiger partial charge in [-0.15, -0.1) is 0 Å². The van der Waals surface area contributed by atoms with Gasteiger partial charge in [0.05, 0.1) is 16.2 Å². The van der Waals surface area contributed by atoms with E-state index in [-0.39, 0.29) is 0 Å². The summed E-state index contributed by atoms with van der Waals surface area (Å²) in [6.07, 6.45) is 3.62. The molecule has 0 radical (unpaired) electrons. The molecule has 2 N–H and O–H groups in total. The third-order valence-corrected chi connectivity index (χ3v) is 6.09. The van der Waals surface area contributed by atoms with Gasteiger partial charge in [-0.05, 0) is 42.2 Å². The molecule has 1 aromatic carbocycles. The van der Waals surface area contributed by atoms with Crippen molar-refractivity contribution in [3.05, 3.63) is 28.9 Å². The van der Waals surface area contributed by atoms with Crippen LogP contribution in [0.2, 0.25) is 5.02 Å². The summed E-state index contributed by atoms with van der Waals surface area (Å²) < 4.78 is 0. The highest BCUT2D eigenvalue weighted by Gasteiger charge is 2.61. The Morgan fingerprint density at radius 1 is 1.33 bits per heavy atom. The molecular formula is C17H22ClN3. The number of halogens is 1. The average molecular weight is 304 g/mol. The first-order chi connectivity index (χ1) is 10.1. The van der Waals surface area contributed by atoms with Gasteiger partial charge < -0.3 is 5.32 Å². The van der Waals surface area contributed by atoms with Crippen LogP contribution < -0.4 is 5.32 Å². The second-order valence-corrected chi connectivity index (χ2v) is 7.65. The maximum Gasteiger partial charge on any atom is 0.0728 e. The molecule has 4 heteroatoms. The summed E-state index contributed by atoms with van der Waals surface area (Å²) in [5.41, 5.74) is 2.72. The van der Waals surface area contributed by atoms with Crippen LogP contribution in [0.15, 0.2) is 18.2 Å². The van der Waals surface area contributed by atoms with Crippen LogP contribution in [0, 0.1) is 17.3 Å². The SMILES string of the molecule is CC1(C)[C@@H]2C[C@H](NCCc3n[nH]c4cccc(Cl)c34)C[C@@H]21. The van der Waals surface area contributed by atoms with Gasteiger partial charge in [-0.25, -0.2) is 0 Å². The van der Waals surface area contributed by atoms with Crippen molar-refractivity contribution in [2.24, 2.45) is 17.3 Å². The minimum atomic E-state index is 0.615. The molecule has 3 atom stereocenters. The fourth-order valence-electron chi connectivity index (χ4n) is 4.34. The summed E-state index contributed by atoms with van der Waals surface area (Å²) in [4.78, 5) is 0. The molecule has 1 aromatic heterocycles. The Kier molecular flexibility index (Phi) is 3.05. The van der Waals surface area contributed by atoms with Crippen molar-refractivity contribution in [1.29, 1.82) is 0 Å². The van der Waals surface area contributed by atoms with Crippen LogP contribution in [-0.2, 0) is 6.42 Å². The van der Waals surface area contributed by atoms with Crippen molar-refractivity contribution in [3.63, 3.8) is 0 Å². The number of H-pyrrole nitrogens is 1. The highest BCUT2D eigenvalue weighted by Crippen LogP contribution is 2.66. The average Bonchev–Trinajstić information content (AvgIpc) is 2.87. The quantitative estimate of drug-likeness (QED) is 0.902. The van der Waals surface area contributed by atoms with Crippen LogP contribution in [0.3, 0.4) is 0 Å². The normalized spacial score (nSPS) is 29.8. The van der Waals surface area contributed by atoms with Gasteiger partial charge in [0.25, 0.3) is 0 Å². The monoisotopic (exact) mass is 303 g/mol. The van der Waals surface area contributed by atoms with Crippen molar-refractivity contribution in [2.75, 3.05) is 6.54 Å². The van der Waals surface area contributed by atoms with Crippen LogP contribution >= 0.6 is 11.6 Å². The third kappa shape index (κ3) is 2.18. The van der Waals surface area contributed by atoms with Gasteiger partial charge in [0, 0.05) is 24.4 Å². The van der Waals surface area contributed by atoms with E-state index < -0.39 is 0 Å². The Morgan fingerprint density at radius 2 is 2.10 bits per heavy atom. The molecule has 0 amide bonds. The molecule has 2 aromatic rings. The fourth-order valence-corrected chi connectivity index (χ4v) is 4.62. The van der Waals surface area contributed by atoms with E-state index in [1.165, 1.54) is 12.8 Å². The Bertz CT molecular complexity index is 662. The molecule has 21 heavy (non-hydrogen) atoms. The molecule has 2 fully saturated rings. The highest BCUT2D eigenvalue weighted by atomic mass is 35.5. The van der Waals surface area contributed by atoms with Gasteiger partial charge in [0.15, 0.2) is 0 Å². The molecule has 0 aliphatic heterocycles. The van der Waals surface area contributed by atoms with E-state index in [4.69, 9.17) is 11.6 Å². The van der Waals surface area contributed by atoms with Crippen LogP contribution in [0.25, 0.3) is 10.9 Å². The van der Waals surface area contributed by atoms with E-state index in [1.54, 1.807) is 0 Å². The molecule has 2 aliphatic rings. The molecule has 0 bridgehead atoms. The molecule has 112 valence electrons. The standard InChI is InChI=1S/C17H22ClN3/c1-17(2)11-8-10(9-12(11)17)19-7-6-15-16-13(18)4-3-5-14(16)20-21-15/h3-5,10-12,19H,6-9H2,1-2H3,(H,20,21)/t10-,11+,12-. The van der Waals surface area contributed by atoms with E-state index in [9.17, 15) is 0 Å². The zero-order chi connectivity index (χ0) is 14.6. The predicted octanol–water partition coefficient (Wildman–Crippen LogP) is 3.78. The lowest BCUT2D eigenvalue weighted by Crippen LogP contribution is -2.31. The van der Waals surface area contributed by atoms with E-state index in [0.29, 0.717) is 11.5 Å². The molecule has 1 heterocycles. The lowest BCUT2D eigenvalue weighted by atomic mass is 9.98. The number of benzene rings is 1. The lowest BCUT2D eigenvalue weighted by molar-refractivity contribution is 0.387. The summed E-state index contributed by atoms with van der Waals surface area (Å²) in [7, 11) is 0. The van der Waals surface area contributed by atoms with Crippen molar-refractivity contribution in [2.45, 2.75) is 39.2 Å². The van der Waals surface area contributed by atoms with Gasteiger partial charge >= 0.3 is 0 Å². The molecule has 3 nitrogen and oxygen atoms in total. The van der Waals surface area contributed by atoms with E-state index in [1.807, 2.05) is 18.2 Å². The fraction of sp³-hybridized carbons (Fsp3) is 0.588. The summed E-state index contributed by atoms with van der Waals surface area (Å²) in [6.45, 7) is 5.81. The molecule has 0 saturated heterocycles. The largest absolute Gasteiger partial charge is 0.314 e. The minimum absolute atomic E-state index is 0.615. The van der Waals surface area contributed by atoms with Gasteiger partial charge in [-0.1, -0.05) is 31.5 Å². The number of rotatable bonds is 4. The number of hydrogen-bond donors (Lipinski definition) is 2. The zero-order valence-corrected chi connectivity index (χ0v) is 13.4. The van der Waals surface area contributed by atoms with E-state index >= 15 is 0 Å². The van der Waals surface area contributed by atoms with Crippen molar-refractivity contribution >= 4 is 22.5 Å². The Morgan fingerprint density at radius 3 is 2.86 bits per heavy atom. The molecular weight excluding hydrogens is 282 g/mol. The van der Waals surface area contributed by atoms with Crippen LogP contribution in [-0.4, -0.2) is 22.8 Å². The summed E-state index contributed by atoms with van der Waals surface area (Å²) >= 11 is 6.29. The van der Waals surface area contributed by atoms with Crippen molar-refractivity contribution < 1.29 is 0 Å². The van der Waals surface area contributed by atoms with Gasteiger partial charge in [-0.2, -0.15) is 5.10 Å². The smallest absolute Gasteiger partial charge is 0.0728 e. The van der Waals surface area contributed by atoms with E-state index in [0.717, 1.165) is 46.4 Å². The van der Waals surface area contributed by atoms with Crippen molar-refractivity contribution in [3.8, 4) is 0 Å². The van der Waals surface area contributed by atoms with Gasteiger partial charge in [-0.3, -0.25) is 5.10 Å². The van der Waals surface area contributed by atoms with Gasteiger partial charge in [0.2, 0.25) is 0 Å². The van der Waals surface area contributed by atoms with Gasteiger partial charge in [0.1, 0.15) is 0 Å². The maximum atomic E-state index is 6.29. The number of aromatic amines is 1. The van der Waals surface area contributed by atoms with Crippen LogP contribution in [0.1, 0.15) is 32.4 Å². The molecule has 0 spiro atoms. The molecule has 0 unspecified atom stereocenters. The summed E-state index contributed by atoms with van der Waals surface area (Å²) in [5.74, 6) is 1.91. The van der Waals surface area contributed by atoms with Crippen molar-refractivity contribution in [1.82, 2.24) is 15.5 Å². The molecule has 2 aliphatic carbocycles. The first-order valence-corrected chi connectivity index (χ1v) is 8.30. The first kappa shape index (κ1) is 13.6. The lowest BCUT2D eigenvalue weighted by Gasteiger charge is -2.18. The molecule has 4 rings (SSSR count). The first-order valence-electron chi connectivity index (χ1n) is 7.92. The summed E-state index contributed by atoms with van der Waals surface area (Å²) in [5, 5.41) is 13.1. The summed E-state index contributed by atoms with van der Waals surface area (Å²) in [6, 6.07) is 6.62. The Labute approximate surface area is 130 Å². The second kappa shape index (κ2) is 4.72. The maximum absolute atomic E-state index is 6.29. The Balaban J connectivity index is 1.35. The Hall–Kier alpha value is -1.06. The predicted molar refractivity (Wildman–Crippen MR) is 86.6 cm³/mol. The number of nitrogens with zero attached hydrogens (tertiary/aromatic N) is 1. The number of aromatic nitrogens is 2. The molecule has 2 saturated carbocycles. The third-order valence-electron chi connectivity index (χ3n) is 5.77. The topological polar surface area (TPSA) is 40.7 Å².